The number of benzene rings is 2. The van der Waals surface area contributed by atoms with Gasteiger partial charge in [-0.15, -0.1) is 0 Å². The van der Waals surface area contributed by atoms with Crippen molar-refractivity contribution in [3.8, 4) is 0 Å². The Morgan fingerprint density at radius 2 is 1.60 bits per heavy atom. The number of allylic oxidation sites excluding steroid dienone is 1. The molecule has 0 spiro atoms. The van der Waals surface area contributed by atoms with Crippen LogP contribution in [0.3, 0.4) is 0 Å². The first kappa shape index (κ1) is 22.3. The van der Waals surface area contributed by atoms with Crippen LogP contribution in [0.15, 0.2) is 36.4 Å². The summed E-state index contributed by atoms with van der Waals surface area (Å²) in [4.78, 5) is 11.1. The van der Waals surface area contributed by atoms with E-state index in [1.54, 1.807) is 12.1 Å². The molecule has 1 N–H and O–H groups in total. The molecule has 0 radical (unpaired) electrons. The van der Waals surface area contributed by atoms with Crippen molar-refractivity contribution in [1.29, 1.82) is 0 Å². The van der Waals surface area contributed by atoms with E-state index >= 15 is 0 Å². The molecular weight excluding hydrogens is 368 g/mol. The Morgan fingerprint density at radius 1 is 1.00 bits per heavy atom. The molecule has 0 saturated heterocycles. The predicted octanol–water partition coefficient (Wildman–Crippen LogP) is 7.64. The van der Waals surface area contributed by atoms with Gasteiger partial charge >= 0.3 is 5.97 Å². The fourth-order valence-electron chi connectivity index (χ4n) is 5.25. The number of carboxylic acid groups (broad SMARTS) is 1. The van der Waals surface area contributed by atoms with Crippen LogP contribution < -0.4 is 0 Å². The van der Waals surface area contributed by atoms with E-state index in [0.717, 1.165) is 12.0 Å². The zero-order valence-corrected chi connectivity index (χ0v) is 19.4. The van der Waals surface area contributed by atoms with Gasteiger partial charge in [-0.25, -0.2) is 4.79 Å². The molecule has 3 rings (SSSR count). The van der Waals surface area contributed by atoms with Gasteiger partial charge in [0.05, 0.1) is 5.56 Å². The summed E-state index contributed by atoms with van der Waals surface area (Å²) in [6.45, 7) is 13.9. The molecule has 0 amide bonds. The quantitative estimate of drug-likeness (QED) is 0.380. The fraction of sp³-hybridized carbons (Fsp3) is 0.464. The van der Waals surface area contributed by atoms with E-state index in [1.807, 2.05) is 12.1 Å². The Balaban J connectivity index is 2.06. The molecule has 2 aromatic rings. The highest BCUT2D eigenvalue weighted by Crippen LogP contribution is 2.50. The van der Waals surface area contributed by atoms with Crippen LogP contribution in [-0.4, -0.2) is 11.1 Å². The van der Waals surface area contributed by atoms with E-state index in [-0.39, 0.29) is 10.8 Å². The Kier molecular flexibility index (Phi) is 6.26. The maximum absolute atomic E-state index is 11.1. The smallest absolute Gasteiger partial charge is 0.335 e. The van der Waals surface area contributed by atoms with Gasteiger partial charge in [0, 0.05) is 0 Å². The first-order chi connectivity index (χ1) is 14.0. The number of rotatable bonds is 7. The molecule has 30 heavy (non-hydrogen) atoms. The minimum Gasteiger partial charge on any atom is -0.478 e. The third-order valence-electron chi connectivity index (χ3n) is 6.60. The van der Waals surface area contributed by atoms with Crippen molar-refractivity contribution in [2.45, 2.75) is 84.5 Å². The summed E-state index contributed by atoms with van der Waals surface area (Å²) in [5, 5.41) is 9.14. The SMILES string of the molecule is CCCCCc1cc2c(cc1C(C)=Cc1ccc(C(=O)O)cc1)C(C)(C)CC2(C)C. The minimum atomic E-state index is -0.885. The zero-order chi connectivity index (χ0) is 22.1. The van der Waals surface area contributed by atoms with Crippen LogP contribution in [-0.2, 0) is 17.3 Å². The molecule has 160 valence electrons. The molecule has 0 aliphatic heterocycles. The summed E-state index contributed by atoms with van der Waals surface area (Å²) in [5.41, 5.74) is 8.79. The van der Waals surface area contributed by atoms with Gasteiger partial charge in [-0.3, -0.25) is 0 Å². The monoisotopic (exact) mass is 404 g/mol. The van der Waals surface area contributed by atoms with E-state index in [1.165, 1.54) is 53.5 Å². The number of hydrogen-bond acceptors (Lipinski definition) is 1. The molecular formula is C28H36O2. The third-order valence-corrected chi connectivity index (χ3v) is 6.60. The topological polar surface area (TPSA) is 37.3 Å². The summed E-state index contributed by atoms with van der Waals surface area (Å²) in [6.07, 6.45) is 8.16. The molecule has 0 unspecified atom stereocenters. The van der Waals surface area contributed by atoms with Crippen LogP contribution in [0.25, 0.3) is 11.6 Å². The van der Waals surface area contributed by atoms with Gasteiger partial charge in [-0.2, -0.15) is 0 Å². The van der Waals surface area contributed by atoms with Gasteiger partial charge in [0.2, 0.25) is 0 Å². The van der Waals surface area contributed by atoms with Crippen molar-refractivity contribution in [3.63, 3.8) is 0 Å². The van der Waals surface area contributed by atoms with Gasteiger partial charge in [0.25, 0.3) is 0 Å². The Labute approximate surface area is 182 Å². The second kappa shape index (κ2) is 8.41. The normalized spacial score (nSPS) is 17.1. The van der Waals surface area contributed by atoms with E-state index in [9.17, 15) is 4.79 Å². The van der Waals surface area contributed by atoms with Crippen molar-refractivity contribution in [2.75, 3.05) is 0 Å². The molecule has 0 atom stereocenters. The average Bonchev–Trinajstić information content (AvgIpc) is 2.85. The number of unbranched alkanes of at least 4 members (excludes halogenated alkanes) is 2. The lowest BCUT2D eigenvalue weighted by atomic mass is 9.82. The summed E-state index contributed by atoms with van der Waals surface area (Å²) >= 11 is 0. The molecule has 2 aromatic carbocycles. The van der Waals surface area contributed by atoms with Crippen LogP contribution in [0, 0.1) is 0 Å². The number of aryl methyl sites for hydroxylation is 1. The third kappa shape index (κ3) is 4.53. The number of aromatic carboxylic acids is 1. The van der Waals surface area contributed by atoms with Gasteiger partial charge < -0.3 is 5.11 Å². The standard InChI is InChI=1S/C28H36O2/c1-7-8-9-10-22-16-24-25(28(5,6)18-27(24,3)4)17-23(22)19(2)15-20-11-13-21(14-12-20)26(29)30/h11-17H,7-10,18H2,1-6H3,(H,29,30). The summed E-state index contributed by atoms with van der Waals surface area (Å²) < 4.78 is 0. The van der Waals surface area contributed by atoms with Crippen LogP contribution in [0.5, 0.6) is 0 Å². The second-order valence-electron chi connectivity index (χ2n) is 10.2. The van der Waals surface area contributed by atoms with Crippen LogP contribution in [0.2, 0.25) is 0 Å². The average molecular weight is 405 g/mol. The summed E-state index contributed by atoms with van der Waals surface area (Å²) in [7, 11) is 0. The zero-order valence-electron chi connectivity index (χ0n) is 19.4. The molecule has 0 aromatic heterocycles. The van der Waals surface area contributed by atoms with E-state index in [4.69, 9.17) is 5.11 Å². The molecule has 1 aliphatic carbocycles. The van der Waals surface area contributed by atoms with Gasteiger partial charge in [-0.05, 0) is 82.5 Å². The van der Waals surface area contributed by atoms with Gasteiger partial charge in [0.1, 0.15) is 0 Å². The van der Waals surface area contributed by atoms with Gasteiger partial charge in [0.15, 0.2) is 0 Å². The Morgan fingerprint density at radius 3 is 2.17 bits per heavy atom. The van der Waals surface area contributed by atoms with Crippen molar-refractivity contribution in [3.05, 3.63) is 69.8 Å². The highest BCUT2D eigenvalue weighted by Gasteiger charge is 2.42. The number of hydrogen-bond donors (Lipinski definition) is 1. The first-order valence-corrected chi connectivity index (χ1v) is 11.2. The Hall–Kier alpha value is -2.35. The molecule has 0 fully saturated rings. The van der Waals surface area contributed by atoms with E-state index < -0.39 is 5.97 Å². The summed E-state index contributed by atoms with van der Waals surface area (Å²) in [6, 6.07) is 12.1. The molecule has 2 heteroatoms. The fourth-order valence-corrected chi connectivity index (χ4v) is 5.25. The highest BCUT2D eigenvalue weighted by atomic mass is 16.4. The lowest BCUT2D eigenvalue weighted by Gasteiger charge is -2.22. The van der Waals surface area contributed by atoms with Crippen molar-refractivity contribution >= 4 is 17.6 Å². The first-order valence-electron chi connectivity index (χ1n) is 11.2. The van der Waals surface area contributed by atoms with Crippen LogP contribution in [0.1, 0.15) is 105 Å². The number of carbonyl (C=O) groups is 1. The lowest BCUT2D eigenvalue weighted by molar-refractivity contribution is 0.0697. The maximum atomic E-state index is 11.1. The van der Waals surface area contributed by atoms with Crippen molar-refractivity contribution in [2.24, 2.45) is 0 Å². The van der Waals surface area contributed by atoms with E-state index in [0.29, 0.717) is 5.56 Å². The Bertz CT molecular complexity index is 959. The van der Waals surface area contributed by atoms with E-state index in [2.05, 4.69) is 59.8 Å². The molecule has 0 saturated carbocycles. The molecule has 0 bridgehead atoms. The van der Waals surface area contributed by atoms with Gasteiger partial charge in [-0.1, -0.05) is 77.8 Å². The molecule has 1 aliphatic rings. The maximum Gasteiger partial charge on any atom is 0.335 e. The molecule has 0 heterocycles. The van der Waals surface area contributed by atoms with Crippen LogP contribution in [0.4, 0.5) is 0 Å². The number of fused-ring (bicyclic) bond motifs is 1. The second-order valence-corrected chi connectivity index (χ2v) is 10.2. The minimum absolute atomic E-state index is 0.180. The van der Waals surface area contributed by atoms with Crippen molar-refractivity contribution < 1.29 is 9.90 Å². The predicted molar refractivity (Wildman–Crippen MR) is 127 cm³/mol. The number of carboxylic acids is 1. The largest absolute Gasteiger partial charge is 0.478 e. The van der Waals surface area contributed by atoms with Crippen molar-refractivity contribution in [1.82, 2.24) is 0 Å². The lowest BCUT2D eigenvalue weighted by Crippen LogP contribution is -2.18. The highest BCUT2D eigenvalue weighted by molar-refractivity contribution is 5.88. The molecule has 2 nitrogen and oxygen atoms in total. The summed E-state index contributed by atoms with van der Waals surface area (Å²) in [5.74, 6) is -0.885. The van der Waals surface area contributed by atoms with Crippen LogP contribution >= 0.6 is 0 Å².